The number of carbonyl (C=O) groups is 1. The number of hydrogen-bond acceptors (Lipinski definition) is 4. The highest BCUT2D eigenvalue weighted by Crippen LogP contribution is 2.23. The van der Waals surface area contributed by atoms with E-state index >= 15 is 0 Å². The largest absolute Gasteiger partial charge is 0.306 e. The monoisotopic (exact) mass is 241 g/mol. The maximum atomic E-state index is 12.0. The second-order valence-electron chi connectivity index (χ2n) is 4.31. The Morgan fingerprint density at radius 3 is 2.65 bits per heavy atom. The van der Waals surface area contributed by atoms with Gasteiger partial charge >= 0.3 is 0 Å². The van der Waals surface area contributed by atoms with Crippen LogP contribution in [0.15, 0.2) is 5.11 Å². The third-order valence-electron chi connectivity index (χ3n) is 3.22. The van der Waals surface area contributed by atoms with Crippen LogP contribution in [-0.4, -0.2) is 56.2 Å². The third-order valence-corrected chi connectivity index (χ3v) is 3.22. The van der Waals surface area contributed by atoms with Gasteiger partial charge in [-0.1, -0.05) is 5.11 Å². The SMILES string of the molecule is CON(C)C(=O)C(N=[N+]=[N-])C1CCN(C)CC1. The van der Waals surface area contributed by atoms with Crippen molar-refractivity contribution in [2.45, 2.75) is 18.9 Å². The fraction of sp³-hybridized carbons (Fsp3) is 0.900. The Balaban J connectivity index is 2.72. The van der Waals surface area contributed by atoms with E-state index < -0.39 is 6.04 Å². The summed E-state index contributed by atoms with van der Waals surface area (Å²) in [6, 6.07) is -0.654. The van der Waals surface area contributed by atoms with Gasteiger partial charge in [-0.15, -0.1) is 0 Å². The molecule has 1 unspecified atom stereocenters. The summed E-state index contributed by atoms with van der Waals surface area (Å²) in [4.78, 5) is 21.8. The molecule has 1 atom stereocenters. The molecule has 1 amide bonds. The second-order valence-corrected chi connectivity index (χ2v) is 4.31. The zero-order valence-electron chi connectivity index (χ0n) is 10.5. The number of likely N-dealkylation sites (tertiary alicyclic amines) is 1. The van der Waals surface area contributed by atoms with Gasteiger partial charge in [-0.3, -0.25) is 9.63 Å². The van der Waals surface area contributed by atoms with E-state index in [1.807, 2.05) is 7.05 Å². The minimum absolute atomic E-state index is 0.104. The lowest BCUT2D eigenvalue weighted by Gasteiger charge is -2.32. The predicted molar refractivity (Wildman–Crippen MR) is 62.9 cm³/mol. The van der Waals surface area contributed by atoms with Crippen molar-refractivity contribution in [2.75, 3.05) is 34.3 Å². The molecule has 7 nitrogen and oxygen atoms in total. The van der Waals surface area contributed by atoms with Crippen LogP contribution < -0.4 is 0 Å². The van der Waals surface area contributed by atoms with E-state index in [2.05, 4.69) is 14.9 Å². The minimum atomic E-state index is -0.654. The molecule has 7 heteroatoms. The van der Waals surface area contributed by atoms with E-state index in [0.29, 0.717) is 0 Å². The van der Waals surface area contributed by atoms with Gasteiger partial charge in [0.2, 0.25) is 0 Å². The molecule has 1 aliphatic rings. The summed E-state index contributed by atoms with van der Waals surface area (Å²) in [5.74, 6) is -0.174. The summed E-state index contributed by atoms with van der Waals surface area (Å²) < 4.78 is 0. The number of likely N-dealkylation sites (N-methyl/N-ethyl adjacent to an activating group) is 1. The van der Waals surface area contributed by atoms with E-state index in [4.69, 9.17) is 10.4 Å². The van der Waals surface area contributed by atoms with Crippen molar-refractivity contribution in [1.29, 1.82) is 0 Å². The molecule has 1 fully saturated rings. The first-order valence-electron chi connectivity index (χ1n) is 5.64. The maximum Gasteiger partial charge on any atom is 0.255 e. The Kier molecular flexibility index (Phi) is 5.21. The van der Waals surface area contributed by atoms with Gasteiger partial charge in [0.25, 0.3) is 5.91 Å². The highest BCUT2D eigenvalue weighted by molar-refractivity contribution is 5.81. The van der Waals surface area contributed by atoms with Crippen LogP contribution in [0.25, 0.3) is 10.4 Å². The highest BCUT2D eigenvalue weighted by Gasteiger charge is 2.31. The lowest BCUT2D eigenvalue weighted by molar-refractivity contribution is -0.171. The van der Waals surface area contributed by atoms with Gasteiger partial charge in [0.15, 0.2) is 0 Å². The van der Waals surface area contributed by atoms with Crippen molar-refractivity contribution in [3.05, 3.63) is 10.4 Å². The lowest BCUT2D eigenvalue weighted by atomic mass is 9.89. The van der Waals surface area contributed by atoms with Crippen LogP contribution in [0.1, 0.15) is 12.8 Å². The molecule has 0 N–H and O–H groups in total. The average molecular weight is 241 g/mol. The predicted octanol–water partition coefficient (Wildman–Crippen LogP) is 1.03. The van der Waals surface area contributed by atoms with Crippen LogP contribution in [0.5, 0.6) is 0 Å². The Bertz CT molecular complexity index is 308. The molecule has 0 aromatic heterocycles. The summed E-state index contributed by atoms with van der Waals surface area (Å²) in [5, 5.41) is 4.76. The second kappa shape index (κ2) is 6.44. The summed E-state index contributed by atoms with van der Waals surface area (Å²) in [6.45, 7) is 1.85. The zero-order chi connectivity index (χ0) is 12.8. The first kappa shape index (κ1) is 13.8. The number of nitrogens with zero attached hydrogens (tertiary/aromatic N) is 5. The van der Waals surface area contributed by atoms with Gasteiger partial charge in [0, 0.05) is 12.0 Å². The molecule has 96 valence electrons. The molecule has 0 aromatic rings. The first-order chi connectivity index (χ1) is 8.10. The minimum Gasteiger partial charge on any atom is -0.306 e. The molecule has 0 saturated carbocycles. The van der Waals surface area contributed by atoms with Crippen LogP contribution in [0.2, 0.25) is 0 Å². The number of hydroxylamine groups is 2. The molecule has 0 aliphatic carbocycles. The molecule has 1 saturated heterocycles. The summed E-state index contributed by atoms with van der Waals surface area (Å²) in [5.41, 5.74) is 8.56. The molecule has 1 aliphatic heterocycles. The van der Waals surface area contributed by atoms with Gasteiger partial charge in [0.1, 0.15) is 6.04 Å². The summed E-state index contributed by atoms with van der Waals surface area (Å²) >= 11 is 0. The van der Waals surface area contributed by atoms with Gasteiger partial charge < -0.3 is 4.90 Å². The van der Waals surface area contributed by atoms with Crippen LogP contribution in [-0.2, 0) is 9.63 Å². The normalized spacial score (nSPS) is 19.5. The number of carbonyl (C=O) groups excluding carboxylic acids is 1. The van der Waals surface area contributed by atoms with E-state index in [0.717, 1.165) is 31.0 Å². The van der Waals surface area contributed by atoms with Gasteiger partial charge in [-0.05, 0) is 44.4 Å². The maximum absolute atomic E-state index is 12.0. The number of amides is 1. The smallest absolute Gasteiger partial charge is 0.255 e. The van der Waals surface area contributed by atoms with Gasteiger partial charge in [0.05, 0.1) is 7.11 Å². The number of azide groups is 1. The number of piperidine rings is 1. The Morgan fingerprint density at radius 1 is 1.59 bits per heavy atom. The number of hydrogen-bond donors (Lipinski definition) is 0. The van der Waals surface area contributed by atoms with Gasteiger partial charge in [-0.2, -0.15) is 0 Å². The zero-order valence-corrected chi connectivity index (χ0v) is 10.5. The first-order valence-corrected chi connectivity index (χ1v) is 5.64. The van der Waals surface area contributed by atoms with Crippen molar-refractivity contribution in [2.24, 2.45) is 11.0 Å². The molecule has 1 rings (SSSR count). The molecular weight excluding hydrogens is 222 g/mol. The summed E-state index contributed by atoms with van der Waals surface area (Å²) in [6.07, 6.45) is 1.73. The van der Waals surface area contributed by atoms with Crippen LogP contribution >= 0.6 is 0 Å². The van der Waals surface area contributed by atoms with Gasteiger partial charge in [-0.25, -0.2) is 5.06 Å². The number of rotatable bonds is 4. The average Bonchev–Trinajstić information content (AvgIpc) is 2.35. The topological polar surface area (TPSA) is 81.5 Å². The van der Waals surface area contributed by atoms with Crippen molar-refractivity contribution in [3.63, 3.8) is 0 Å². The fourth-order valence-electron chi connectivity index (χ4n) is 2.02. The van der Waals surface area contributed by atoms with Crippen LogP contribution in [0, 0.1) is 5.92 Å². The molecule has 17 heavy (non-hydrogen) atoms. The van der Waals surface area contributed by atoms with Crippen molar-refractivity contribution in [3.8, 4) is 0 Å². The third kappa shape index (κ3) is 3.59. The van der Waals surface area contributed by atoms with Crippen molar-refractivity contribution in [1.82, 2.24) is 9.96 Å². The van der Waals surface area contributed by atoms with E-state index in [1.165, 1.54) is 14.2 Å². The van der Waals surface area contributed by atoms with E-state index in [9.17, 15) is 4.79 Å². The Morgan fingerprint density at radius 2 is 2.18 bits per heavy atom. The van der Waals surface area contributed by atoms with Crippen LogP contribution in [0.4, 0.5) is 0 Å². The molecule has 0 radical (unpaired) electrons. The summed E-state index contributed by atoms with van der Waals surface area (Å²) in [7, 11) is 4.98. The van der Waals surface area contributed by atoms with E-state index in [1.54, 1.807) is 0 Å². The van der Waals surface area contributed by atoms with Crippen molar-refractivity contribution >= 4 is 5.91 Å². The Hall–Kier alpha value is -1.30. The lowest BCUT2D eigenvalue weighted by Crippen LogP contribution is -2.43. The van der Waals surface area contributed by atoms with Crippen LogP contribution in [0.3, 0.4) is 0 Å². The highest BCUT2D eigenvalue weighted by atomic mass is 16.7. The van der Waals surface area contributed by atoms with Crippen molar-refractivity contribution < 1.29 is 9.63 Å². The van der Waals surface area contributed by atoms with E-state index in [-0.39, 0.29) is 11.8 Å². The molecule has 0 aromatic carbocycles. The molecule has 0 spiro atoms. The molecular formula is C10H19N5O2. The standard InChI is InChI=1S/C10H19N5O2/c1-14-6-4-8(5-7-14)9(12-13-11)10(16)15(2)17-3/h8-9H,4-7H2,1-3H3. The fourth-order valence-corrected chi connectivity index (χ4v) is 2.02. The Labute approximate surface area is 101 Å². The molecule has 1 heterocycles. The quantitative estimate of drug-likeness (QED) is 0.319. The molecule has 0 bridgehead atoms.